The van der Waals surface area contributed by atoms with Crippen LogP contribution < -0.4 is 0 Å². The number of rotatable bonds is 3. The first-order valence-electron chi connectivity index (χ1n) is 8.06. The van der Waals surface area contributed by atoms with Crippen LogP contribution in [0.1, 0.15) is 24.8 Å². The molecule has 2 fully saturated rings. The van der Waals surface area contributed by atoms with Gasteiger partial charge in [-0.25, -0.2) is 8.78 Å². The first-order chi connectivity index (χ1) is 11.1. The third kappa shape index (κ3) is 3.38. The lowest BCUT2D eigenvalue weighted by Crippen LogP contribution is -2.54. The number of benzene rings is 1. The average molecular weight is 325 g/mol. The van der Waals surface area contributed by atoms with Crippen molar-refractivity contribution in [2.24, 2.45) is 5.92 Å². The van der Waals surface area contributed by atoms with Gasteiger partial charge >= 0.3 is 0 Å². The standard InChI is InChI=1S/C17H21F2NO3/c18-13-5-1-3-11(17(13)19)9-16(22)20-7-8-23-10-14(20)12-4-2-6-15(12)21/h1,3,5,12,14-15,21H,2,4,6-10H2/t12-,14-,15-/m1/s1. The van der Waals surface area contributed by atoms with E-state index in [1.165, 1.54) is 12.1 Å². The predicted molar refractivity (Wildman–Crippen MR) is 79.7 cm³/mol. The van der Waals surface area contributed by atoms with Crippen LogP contribution in [-0.2, 0) is 16.0 Å². The Balaban J connectivity index is 1.75. The Morgan fingerprint density at radius 3 is 2.91 bits per heavy atom. The van der Waals surface area contributed by atoms with Crippen LogP contribution >= 0.6 is 0 Å². The fourth-order valence-corrected chi connectivity index (χ4v) is 3.65. The fourth-order valence-electron chi connectivity index (χ4n) is 3.65. The molecule has 0 spiro atoms. The molecule has 1 N–H and O–H groups in total. The molecule has 0 unspecified atom stereocenters. The summed E-state index contributed by atoms with van der Waals surface area (Å²) in [5.41, 5.74) is 0.0622. The molecule has 3 rings (SSSR count). The molecule has 0 bridgehead atoms. The molecule has 4 nitrogen and oxygen atoms in total. The van der Waals surface area contributed by atoms with Gasteiger partial charge in [-0.1, -0.05) is 18.6 Å². The first kappa shape index (κ1) is 16.3. The number of halogens is 2. The minimum absolute atomic E-state index is 0.00314. The van der Waals surface area contributed by atoms with Gasteiger partial charge in [-0.15, -0.1) is 0 Å². The van der Waals surface area contributed by atoms with Crippen LogP contribution in [0.5, 0.6) is 0 Å². The van der Waals surface area contributed by atoms with Crippen molar-refractivity contribution >= 4 is 5.91 Å². The summed E-state index contributed by atoms with van der Waals surface area (Å²) in [6.45, 7) is 1.24. The minimum Gasteiger partial charge on any atom is -0.393 e. The number of carbonyl (C=O) groups excluding carboxylic acids is 1. The van der Waals surface area contributed by atoms with Crippen LogP contribution in [-0.4, -0.2) is 47.8 Å². The highest BCUT2D eigenvalue weighted by Gasteiger charge is 2.39. The van der Waals surface area contributed by atoms with Crippen molar-refractivity contribution in [3.8, 4) is 0 Å². The summed E-state index contributed by atoms with van der Waals surface area (Å²) in [6, 6.07) is 3.68. The molecule has 126 valence electrons. The van der Waals surface area contributed by atoms with Gasteiger partial charge in [0.25, 0.3) is 0 Å². The number of carbonyl (C=O) groups is 1. The lowest BCUT2D eigenvalue weighted by Gasteiger charge is -2.40. The van der Waals surface area contributed by atoms with Gasteiger partial charge < -0.3 is 14.7 Å². The van der Waals surface area contributed by atoms with Crippen molar-refractivity contribution < 1.29 is 23.4 Å². The van der Waals surface area contributed by atoms with E-state index in [1.807, 2.05) is 0 Å². The van der Waals surface area contributed by atoms with Crippen molar-refractivity contribution in [3.05, 3.63) is 35.4 Å². The third-order valence-electron chi connectivity index (χ3n) is 4.88. The van der Waals surface area contributed by atoms with Crippen LogP contribution in [0.3, 0.4) is 0 Å². The molecule has 6 heteroatoms. The zero-order chi connectivity index (χ0) is 16.4. The molecule has 23 heavy (non-hydrogen) atoms. The van der Waals surface area contributed by atoms with Crippen LogP contribution in [0.2, 0.25) is 0 Å². The molecule has 1 aliphatic carbocycles. The van der Waals surface area contributed by atoms with Gasteiger partial charge in [0.05, 0.1) is 31.8 Å². The number of aliphatic hydroxyl groups excluding tert-OH is 1. The number of ether oxygens (including phenoxy) is 1. The number of aliphatic hydroxyl groups is 1. The predicted octanol–water partition coefficient (Wildman–Crippen LogP) is 1.90. The topological polar surface area (TPSA) is 49.8 Å². The Hall–Kier alpha value is -1.53. The van der Waals surface area contributed by atoms with E-state index in [9.17, 15) is 18.7 Å². The summed E-state index contributed by atoms with van der Waals surface area (Å²) in [4.78, 5) is 14.3. The van der Waals surface area contributed by atoms with E-state index in [2.05, 4.69) is 0 Å². The second-order valence-corrected chi connectivity index (χ2v) is 6.28. The molecule has 3 atom stereocenters. The molecular formula is C17H21F2NO3. The molecule has 1 aliphatic heterocycles. The SMILES string of the molecule is O=C(Cc1cccc(F)c1F)N1CCOC[C@@H]1[C@H]1CCC[C@H]1O. The Kier molecular flexibility index (Phi) is 4.92. The zero-order valence-electron chi connectivity index (χ0n) is 12.9. The van der Waals surface area contributed by atoms with E-state index in [0.717, 1.165) is 25.3 Å². The van der Waals surface area contributed by atoms with Gasteiger partial charge in [0.15, 0.2) is 11.6 Å². The second-order valence-electron chi connectivity index (χ2n) is 6.28. The minimum atomic E-state index is -0.966. The average Bonchev–Trinajstić information content (AvgIpc) is 2.98. The maximum Gasteiger partial charge on any atom is 0.227 e. The summed E-state index contributed by atoms with van der Waals surface area (Å²) < 4.78 is 32.5. The van der Waals surface area contributed by atoms with E-state index >= 15 is 0 Å². The highest BCUT2D eigenvalue weighted by molar-refractivity contribution is 5.79. The summed E-state index contributed by atoms with van der Waals surface area (Å²) >= 11 is 0. The van der Waals surface area contributed by atoms with Crippen molar-refractivity contribution in [2.45, 2.75) is 37.8 Å². The number of nitrogens with zero attached hydrogens (tertiary/aromatic N) is 1. The lowest BCUT2D eigenvalue weighted by atomic mass is 9.93. The highest BCUT2D eigenvalue weighted by Crippen LogP contribution is 2.32. The van der Waals surface area contributed by atoms with Crippen molar-refractivity contribution in [1.29, 1.82) is 0 Å². The van der Waals surface area contributed by atoms with Gasteiger partial charge in [0.2, 0.25) is 5.91 Å². The van der Waals surface area contributed by atoms with Gasteiger partial charge in [-0.2, -0.15) is 0 Å². The highest BCUT2D eigenvalue weighted by atomic mass is 19.2. The largest absolute Gasteiger partial charge is 0.393 e. The summed E-state index contributed by atoms with van der Waals surface area (Å²) in [5, 5.41) is 10.1. The molecule has 2 aliphatic rings. The number of amides is 1. The first-order valence-corrected chi connectivity index (χ1v) is 8.06. The maximum atomic E-state index is 13.8. The molecule has 1 amide bonds. The van der Waals surface area contributed by atoms with Crippen LogP contribution in [0.4, 0.5) is 8.78 Å². The Morgan fingerprint density at radius 1 is 1.35 bits per heavy atom. The number of hydrogen-bond donors (Lipinski definition) is 1. The lowest BCUT2D eigenvalue weighted by molar-refractivity contribution is -0.143. The van der Waals surface area contributed by atoms with Gasteiger partial charge in [0.1, 0.15) is 0 Å². The van der Waals surface area contributed by atoms with E-state index in [0.29, 0.717) is 19.8 Å². The molecule has 1 saturated heterocycles. The maximum absolute atomic E-state index is 13.8. The van der Waals surface area contributed by atoms with Crippen LogP contribution in [0.15, 0.2) is 18.2 Å². The molecule has 1 saturated carbocycles. The smallest absolute Gasteiger partial charge is 0.227 e. The number of morpholine rings is 1. The van der Waals surface area contributed by atoms with E-state index in [4.69, 9.17) is 4.74 Å². The third-order valence-corrected chi connectivity index (χ3v) is 4.88. The summed E-state index contributed by atoms with van der Waals surface area (Å²) in [6.07, 6.45) is 1.92. The Bertz CT molecular complexity index is 581. The normalized spacial score (nSPS) is 28.1. The zero-order valence-corrected chi connectivity index (χ0v) is 12.9. The molecule has 0 aromatic heterocycles. The molecule has 1 heterocycles. The van der Waals surface area contributed by atoms with Crippen LogP contribution in [0, 0.1) is 17.6 Å². The monoisotopic (exact) mass is 325 g/mol. The molecule has 0 radical (unpaired) electrons. The van der Waals surface area contributed by atoms with Gasteiger partial charge in [-0.3, -0.25) is 4.79 Å². The van der Waals surface area contributed by atoms with E-state index in [-0.39, 0.29) is 29.9 Å². The molecule has 1 aromatic carbocycles. The van der Waals surface area contributed by atoms with Crippen molar-refractivity contribution in [2.75, 3.05) is 19.8 Å². The van der Waals surface area contributed by atoms with Crippen LogP contribution in [0.25, 0.3) is 0 Å². The fraction of sp³-hybridized carbons (Fsp3) is 0.588. The molecule has 1 aromatic rings. The quantitative estimate of drug-likeness (QED) is 0.923. The summed E-state index contributed by atoms with van der Waals surface area (Å²) in [5.74, 6) is -2.16. The van der Waals surface area contributed by atoms with Crippen molar-refractivity contribution in [1.82, 2.24) is 4.90 Å². The van der Waals surface area contributed by atoms with Gasteiger partial charge in [0, 0.05) is 18.0 Å². The van der Waals surface area contributed by atoms with Crippen molar-refractivity contribution in [3.63, 3.8) is 0 Å². The van der Waals surface area contributed by atoms with E-state index < -0.39 is 17.7 Å². The molecular weight excluding hydrogens is 304 g/mol. The summed E-state index contributed by atoms with van der Waals surface area (Å²) in [7, 11) is 0. The second kappa shape index (κ2) is 6.93. The van der Waals surface area contributed by atoms with Gasteiger partial charge in [-0.05, 0) is 18.9 Å². The Morgan fingerprint density at radius 2 is 2.17 bits per heavy atom. The Labute approximate surface area is 134 Å². The van der Waals surface area contributed by atoms with E-state index in [1.54, 1.807) is 4.90 Å². The number of hydrogen-bond acceptors (Lipinski definition) is 3.